The maximum atomic E-state index is 12.3. The molecule has 2 fully saturated rings. The van der Waals surface area contributed by atoms with Gasteiger partial charge in [-0.2, -0.15) is 0 Å². The highest BCUT2D eigenvalue weighted by atomic mass is 16.5. The standard InChI is InChI=1S/C21H31N3O3/c1-27-15-20(25)24-12-9-16(10-13-24)6-7-17-8-11-22-19(14-17)23-21(26)18-4-2-3-5-18/h8,11,14,16,18H,2-7,9-10,12-13,15H2,1H3,(H,22,23,26). The van der Waals surface area contributed by atoms with E-state index < -0.39 is 0 Å². The number of nitrogens with one attached hydrogen (secondary N) is 1. The monoisotopic (exact) mass is 373 g/mol. The zero-order chi connectivity index (χ0) is 19.1. The van der Waals surface area contributed by atoms with Crippen molar-refractivity contribution in [1.82, 2.24) is 9.88 Å². The summed E-state index contributed by atoms with van der Waals surface area (Å²) < 4.78 is 4.93. The number of amides is 2. The molecule has 148 valence electrons. The molecule has 27 heavy (non-hydrogen) atoms. The lowest BCUT2D eigenvalue weighted by Gasteiger charge is -2.32. The molecule has 0 bridgehead atoms. The van der Waals surface area contributed by atoms with Crippen LogP contribution in [-0.4, -0.2) is 48.5 Å². The van der Waals surface area contributed by atoms with Gasteiger partial charge in [-0.15, -0.1) is 0 Å². The lowest BCUT2D eigenvalue weighted by molar-refractivity contribution is -0.136. The Hall–Kier alpha value is -1.95. The van der Waals surface area contributed by atoms with Gasteiger partial charge in [0.15, 0.2) is 0 Å². The number of carbonyl (C=O) groups is 2. The molecule has 0 spiro atoms. The number of nitrogens with zero attached hydrogens (tertiary/aromatic N) is 2. The fraction of sp³-hybridized carbons (Fsp3) is 0.667. The van der Waals surface area contributed by atoms with Gasteiger partial charge in [-0.3, -0.25) is 9.59 Å². The molecule has 1 aromatic rings. The average molecular weight is 373 g/mol. The summed E-state index contributed by atoms with van der Waals surface area (Å²) >= 11 is 0. The van der Waals surface area contributed by atoms with Crippen molar-refractivity contribution in [3.05, 3.63) is 23.9 Å². The van der Waals surface area contributed by atoms with Crippen LogP contribution in [0.4, 0.5) is 5.82 Å². The summed E-state index contributed by atoms with van der Waals surface area (Å²) in [6, 6.07) is 4.03. The first kappa shape index (κ1) is 19.8. The fourth-order valence-electron chi connectivity index (χ4n) is 4.17. The molecule has 0 aromatic carbocycles. The number of pyridine rings is 1. The maximum absolute atomic E-state index is 12.3. The first-order valence-electron chi connectivity index (χ1n) is 10.2. The number of piperidine rings is 1. The predicted molar refractivity (Wildman–Crippen MR) is 104 cm³/mol. The zero-order valence-electron chi connectivity index (χ0n) is 16.3. The van der Waals surface area contributed by atoms with E-state index in [1.54, 1.807) is 13.3 Å². The Morgan fingerprint density at radius 1 is 1.22 bits per heavy atom. The molecule has 0 atom stereocenters. The van der Waals surface area contributed by atoms with Crippen molar-refractivity contribution in [1.29, 1.82) is 0 Å². The minimum Gasteiger partial charge on any atom is -0.375 e. The quantitative estimate of drug-likeness (QED) is 0.797. The second-order valence-electron chi connectivity index (χ2n) is 7.82. The number of aryl methyl sites for hydroxylation is 1. The number of methoxy groups -OCH3 is 1. The van der Waals surface area contributed by atoms with Gasteiger partial charge >= 0.3 is 0 Å². The van der Waals surface area contributed by atoms with Crippen molar-refractivity contribution < 1.29 is 14.3 Å². The minimum atomic E-state index is 0.0905. The van der Waals surface area contributed by atoms with Crippen molar-refractivity contribution >= 4 is 17.6 Å². The second-order valence-corrected chi connectivity index (χ2v) is 7.82. The number of hydrogen-bond donors (Lipinski definition) is 1. The van der Waals surface area contributed by atoms with Gasteiger partial charge < -0.3 is 15.0 Å². The third-order valence-corrected chi connectivity index (χ3v) is 5.88. The Balaban J connectivity index is 1.43. The topological polar surface area (TPSA) is 71.5 Å². The van der Waals surface area contributed by atoms with E-state index in [1.165, 1.54) is 5.56 Å². The first-order valence-corrected chi connectivity index (χ1v) is 10.2. The Morgan fingerprint density at radius 2 is 1.96 bits per heavy atom. The Kier molecular flexibility index (Phi) is 7.21. The fourth-order valence-corrected chi connectivity index (χ4v) is 4.17. The average Bonchev–Trinajstić information content (AvgIpc) is 3.22. The molecule has 1 N–H and O–H groups in total. The van der Waals surface area contributed by atoms with Crippen LogP contribution in [0.25, 0.3) is 0 Å². The van der Waals surface area contributed by atoms with Gasteiger partial charge in [0.2, 0.25) is 11.8 Å². The predicted octanol–water partition coefficient (Wildman–Crippen LogP) is 3.03. The van der Waals surface area contributed by atoms with Crippen LogP contribution < -0.4 is 5.32 Å². The highest BCUT2D eigenvalue weighted by molar-refractivity contribution is 5.91. The molecule has 6 nitrogen and oxygen atoms in total. The van der Waals surface area contributed by atoms with Crippen LogP contribution in [0, 0.1) is 11.8 Å². The molecule has 1 saturated carbocycles. The molecule has 3 rings (SSSR count). The van der Waals surface area contributed by atoms with Crippen LogP contribution >= 0.6 is 0 Å². The molecule has 1 aliphatic carbocycles. The number of anilines is 1. The molecule has 1 aromatic heterocycles. The van der Waals surface area contributed by atoms with Crippen LogP contribution in [0.1, 0.15) is 50.5 Å². The second kappa shape index (κ2) is 9.83. The smallest absolute Gasteiger partial charge is 0.248 e. The van der Waals surface area contributed by atoms with E-state index in [4.69, 9.17) is 4.74 Å². The lowest BCUT2D eigenvalue weighted by Crippen LogP contribution is -2.40. The van der Waals surface area contributed by atoms with E-state index in [0.29, 0.717) is 11.7 Å². The maximum Gasteiger partial charge on any atom is 0.248 e. The van der Waals surface area contributed by atoms with E-state index in [2.05, 4.69) is 10.3 Å². The summed E-state index contributed by atoms with van der Waals surface area (Å²) in [5.41, 5.74) is 1.21. The van der Waals surface area contributed by atoms with Crippen molar-refractivity contribution in [3.8, 4) is 0 Å². The largest absolute Gasteiger partial charge is 0.375 e. The molecule has 0 unspecified atom stereocenters. The zero-order valence-corrected chi connectivity index (χ0v) is 16.3. The highest BCUT2D eigenvalue weighted by Gasteiger charge is 2.24. The molecular formula is C21H31N3O3. The van der Waals surface area contributed by atoms with Gasteiger partial charge in [-0.05, 0) is 62.1 Å². The van der Waals surface area contributed by atoms with E-state index in [0.717, 1.165) is 64.5 Å². The molecule has 0 radical (unpaired) electrons. The van der Waals surface area contributed by atoms with Gasteiger partial charge in [0.1, 0.15) is 12.4 Å². The van der Waals surface area contributed by atoms with Gasteiger partial charge in [0, 0.05) is 32.3 Å². The number of rotatable bonds is 7. The Bertz CT molecular complexity index is 635. The molecule has 2 aliphatic rings. The molecular weight excluding hydrogens is 342 g/mol. The van der Waals surface area contributed by atoms with Crippen molar-refractivity contribution in [3.63, 3.8) is 0 Å². The molecule has 2 heterocycles. The third kappa shape index (κ3) is 5.76. The van der Waals surface area contributed by atoms with Crippen molar-refractivity contribution in [2.75, 3.05) is 32.1 Å². The number of carbonyl (C=O) groups excluding carboxylic acids is 2. The van der Waals surface area contributed by atoms with E-state index in [1.807, 2.05) is 17.0 Å². The lowest BCUT2D eigenvalue weighted by atomic mass is 9.90. The Labute approximate surface area is 161 Å². The molecule has 2 amide bonds. The minimum absolute atomic E-state index is 0.0905. The van der Waals surface area contributed by atoms with Crippen molar-refractivity contribution in [2.45, 2.75) is 51.4 Å². The molecule has 6 heteroatoms. The first-order chi connectivity index (χ1) is 13.2. The number of aromatic nitrogens is 1. The molecule has 1 saturated heterocycles. The van der Waals surface area contributed by atoms with E-state index in [-0.39, 0.29) is 24.3 Å². The SMILES string of the molecule is COCC(=O)N1CCC(CCc2ccnc(NC(=O)C3CCCC3)c2)CC1. The summed E-state index contributed by atoms with van der Waals surface area (Å²) in [6.45, 7) is 1.83. The molecule has 1 aliphatic heterocycles. The van der Waals surface area contributed by atoms with Crippen LogP contribution in [0.2, 0.25) is 0 Å². The number of hydrogen-bond acceptors (Lipinski definition) is 4. The van der Waals surface area contributed by atoms with Crippen LogP contribution in [-0.2, 0) is 20.7 Å². The summed E-state index contributed by atoms with van der Waals surface area (Å²) in [7, 11) is 1.56. The summed E-state index contributed by atoms with van der Waals surface area (Å²) in [4.78, 5) is 30.3. The van der Waals surface area contributed by atoms with Crippen LogP contribution in [0.3, 0.4) is 0 Å². The highest BCUT2D eigenvalue weighted by Crippen LogP contribution is 2.26. The summed E-state index contributed by atoms with van der Waals surface area (Å²) in [6.07, 6.45) is 10.3. The van der Waals surface area contributed by atoms with Crippen LogP contribution in [0.5, 0.6) is 0 Å². The number of likely N-dealkylation sites (tertiary alicyclic amines) is 1. The third-order valence-electron chi connectivity index (χ3n) is 5.88. The normalized spacial score (nSPS) is 18.6. The van der Waals surface area contributed by atoms with E-state index >= 15 is 0 Å². The van der Waals surface area contributed by atoms with Gasteiger partial charge in [-0.25, -0.2) is 4.98 Å². The van der Waals surface area contributed by atoms with Gasteiger partial charge in [0.05, 0.1) is 0 Å². The summed E-state index contributed by atoms with van der Waals surface area (Å²) in [5.74, 6) is 1.67. The number of ether oxygens (including phenoxy) is 1. The van der Waals surface area contributed by atoms with Gasteiger partial charge in [-0.1, -0.05) is 12.8 Å². The van der Waals surface area contributed by atoms with E-state index in [9.17, 15) is 9.59 Å². The van der Waals surface area contributed by atoms with Gasteiger partial charge in [0.25, 0.3) is 0 Å². The Morgan fingerprint density at radius 3 is 2.67 bits per heavy atom. The van der Waals surface area contributed by atoms with Crippen molar-refractivity contribution in [2.24, 2.45) is 11.8 Å². The summed E-state index contributed by atoms with van der Waals surface area (Å²) in [5, 5.41) is 2.99. The van der Waals surface area contributed by atoms with Crippen LogP contribution in [0.15, 0.2) is 18.3 Å².